The summed E-state index contributed by atoms with van der Waals surface area (Å²) in [5, 5.41) is 12.6. The van der Waals surface area contributed by atoms with Crippen LogP contribution in [0.4, 0.5) is 0 Å². The van der Waals surface area contributed by atoms with Gasteiger partial charge in [-0.2, -0.15) is 10.2 Å². The van der Waals surface area contributed by atoms with Crippen LogP contribution < -0.4 is 20.3 Å². The maximum atomic E-state index is 13.5. The number of nitrogens with zero attached hydrogens (tertiary/aromatic N) is 3. The standard InChI is InChI=1S/C26H28N4O3/c1-30-25(31)23(20-9-11-22(32-2)12-10-20)24(21-7-5-18(16-27)6-8-21)29-26(30)33-17-19-4-3-14-28-15-13-19/h5-12,19,28H,3-4,13-15,17H2,1-2H3. The van der Waals surface area contributed by atoms with Crippen molar-refractivity contribution in [2.75, 3.05) is 26.8 Å². The average Bonchev–Trinajstić information content (AvgIpc) is 3.14. The fourth-order valence-electron chi connectivity index (χ4n) is 4.09. The molecule has 4 rings (SSSR count). The van der Waals surface area contributed by atoms with Crippen LogP contribution in [0.5, 0.6) is 11.8 Å². The highest BCUT2D eigenvalue weighted by Gasteiger charge is 2.20. The fraction of sp³-hybridized carbons (Fsp3) is 0.346. The first-order chi connectivity index (χ1) is 16.1. The summed E-state index contributed by atoms with van der Waals surface area (Å²) in [4.78, 5) is 18.3. The van der Waals surface area contributed by atoms with Gasteiger partial charge in [0.2, 0.25) is 0 Å². The Bertz CT molecular complexity index is 1190. The van der Waals surface area contributed by atoms with Crippen molar-refractivity contribution >= 4 is 0 Å². The van der Waals surface area contributed by atoms with Gasteiger partial charge in [-0.3, -0.25) is 9.36 Å². The second kappa shape index (κ2) is 10.3. The van der Waals surface area contributed by atoms with Crippen molar-refractivity contribution in [2.24, 2.45) is 13.0 Å². The summed E-state index contributed by atoms with van der Waals surface area (Å²) in [5.41, 5.74) is 2.87. The molecule has 1 N–H and O–H groups in total. The normalized spacial score (nSPS) is 16.0. The maximum Gasteiger partial charge on any atom is 0.299 e. The van der Waals surface area contributed by atoms with Gasteiger partial charge in [0, 0.05) is 12.6 Å². The second-order valence-electron chi connectivity index (χ2n) is 8.26. The van der Waals surface area contributed by atoms with E-state index in [0.717, 1.165) is 43.5 Å². The van der Waals surface area contributed by atoms with Crippen molar-refractivity contribution in [3.63, 3.8) is 0 Å². The lowest BCUT2D eigenvalue weighted by molar-refractivity contribution is 0.211. The van der Waals surface area contributed by atoms with Crippen LogP contribution in [0.2, 0.25) is 0 Å². The Morgan fingerprint density at radius 2 is 1.82 bits per heavy atom. The van der Waals surface area contributed by atoms with Crippen LogP contribution in [0.3, 0.4) is 0 Å². The molecule has 7 nitrogen and oxygen atoms in total. The molecule has 7 heteroatoms. The Morgan fingerprint density at radius 3 is 2.52 bits per heavy atom. The number of aromatic nitrogens is 2. The fourth-order valence-corrected chi connectivity index (χ4v) is 4.09. The van der Waals surface area contributed by atoms with Crippen molar-refractivity contribution in [3.05, 3.63) is 64.4 Å². The first kappa shape index (κ1) is 22.6. The first-order valence-corrected chi connectivity index (χ1v) is 11.2. The molecule has 33 heavy (non-hydrogen) atoms. The van der Waals surface area contributed by atoms with Gasteiger partial charge in [0.05, 0.1) is 36.6 Å². The van der Waals surface area contributed by atoms with Crippen molar-refractivity contribution in [1.82, 2.24) is 14.9 Å². The summed E-state index contributed by atoms with van der Waals surface area (Å²) in [5.74, 6) is 1.14. The Morgan fingerprint density at radius 1 is 1.09 bits per heavy atom. The van der Waals surface area contributed by atoms with Crippen LogP contribution in [-0.4, -0.2) is 36.4 Å². The van der Waals surface area contributed by atoms with Gasteiger partial charge in [-0.1, -0.05) is 24.3 Å². The first-order valence-electron chi connectivity index (χ1n) is 11.2. The van der Waals surface area contributed by atoms with E-state index in [1.54, 1.807) is 26.3 Å². The quantitative estimate of drug-likeness (QED) is 0.623. The van der Waals surface area contributed by atoms with Gasteiger partial charge < -0.3 is 14.8 Å². The molecule has 0 saturated carbocycles. The SMILES string of the molecule is COc1ccc(-c2c(-c3ccc(C#N)cc3)nc(OCC3CCCNCC3)n(C)c2=O)cc1. The molecule has 2 aromatic carbocycles. The van der Waals surface area contributed by atoms with Crippen molar-refractivity contribution in [1.29, 1.82) is 5.26 Å². The summed E-state index contributed by atoms with van der Waals surface area (Å²) < 4.78 is 12.8. The molecule has 1 aliphatic heterocycles. The minimum atomic E-state index is -0.188. The van der Waals surface area contributed by atoms with Gasteiger partial charge in [-0.15, -0.1) is 0 Å². The van der Waals surface area contributed by atoms with E-state index in [0.29, 0.717) is 41.1 Å². The summed E-state index contributed by atoms with van der Waals surface area (Å²) in [7, 11) is 3.29. The Labute approximate surface area is 193 Å². The monoisotopic (exact) mass is 444 g/mol. The number of benzene rings is 2. The maximum absolute atomic E-state index is 13.5. The predicted octanol–water partition coefficient (Wildman–Crippen LogP) is 3.76. The minimum Gasteiger partial charge on any atom is -0.497 e. The third-order valence-corrected chi connectivity index (χ3v) is 6.06. The zero-order chi connectivity index (χ0) is 23.2. The van der Waals surface area contributed by atoms with E-state index in [1.165, 1.54) is 4.57 Å². The molecule has 0 bridgehead atoms. The van der Waals surface area contributed by atoms with Crippen LogP contribution in [0.15, 0.2) is 53.3 Å². The summed E-state index contributed by atoms with van der Waals surface area (Å²) >= 11 is 0. The van der Waals surface area contributed by atoms with Crippen molar-refractivity contribution in [2.45, 2.75) is 19.3 Å². The van der Waals surface area contributed by atoms with Gasteiger partial charge in [0.1, 0.15) is 5.75 Å². The average molecular weight is 445 g/mol. The molecule has 0 aliphatic carbocycles. The van der Waals surface area contributed by atoms with Gasteiger partial charge in [0.25, 0.3) is 11.6 Å². The molecule has 1 unspecified atom stereocenters. The van der Waals surface area contributed by atoms with Crippen LogP contribution in [0, 0.1) is 17.2 Å². The van der Waals surface area contributed by atoms with Crippen LogP contribution in [-0.2, 0) is 7.05 Å². The zero-order valence-corrected chi connectivity index (χ0v) is 19.0. The highest BCUT2D eigenvalue weighted by atomic mass is 16.5. The molecular formula is C26H28N4O3. The van der Waals surface area contributed by atoms with E-state index in [2.05, 4.69) is 11.4 Å². The molecule has 1 aliphatic rings. The highest BCUT2D eigenvalue weighted by molar-refractivity contribution is 5.80. The molecular weight excluding hydrogens is 416 g/mol. The molecule has 0 spiro atoms. The Balaban J connectivity index is 1.76. The van der Waals surface area contributed by atoms with Crippen molar-refractivity contribution in [3.8, 4) is 40.2 Å². The molecule has 1 fully saturated rings. The molecule has 1 aromatic heterocycles. The third-order valence-electron chi connectivity index (χ3n) is 6.06. The number of rotatable bonds is 6. The Kier molecular flexibility index (Phi) is 7.06. The van der Waals surface area contributed by atoms with Gasteiger partial charge >= 0.3 is 0 Å². The van der Waals surface area contributed by atoms with E-state index < -0.39 is 0 Å². The summed E-state index contributed by atoms with van der Waals surface area (Å²) in [6.07, 6.45) is 3.25. The van der Waals surface area contributed by atoms with Crippen LogP contribution in [0.1, 0.15) is 24.8 Å². The molecule has 0 amide bonds. The predicted molar refractivity (Wildman–Crippen MR) is 127 cm³/mol. The lowest BCUT2D eigenvalue weighted by Crippen LogP contribution is -2.25. The van der Waals surface area contributed by atoms with Gasteiger partial charge in [-0.25, -0.2) is 0 Å². The molecule has 2 heterocycles. The number of ether oxygens (including phenoxy) is 2. The number of nitrogens with one attached hydrogen (secondary N) is 1. The second-order valence-corrected chi connectivity index (χ2v) is 8.26. The summed E-state index contributed by atoms with van der Waals surface area (Å²) in [6, 6.07) is 16.9. The van der Waals surface area contributed by atoms with E-state index in [-0.39, 0.29) is 5.56 Å². The Hall–Kier alpha value is -3.63. The number of nitriles is 1. The van der Waals surface area contributed by atoms with Crippen molar-refractivity contribution < 1.29 is 9.47 Å². The van der Waals surface area contributed by atoms with Gasteiger partial charge in [0.15, 0.2) is 0 Å². The third kappa shape index (κ3) is 5.07. The zero-order valence-electron chi connectivity index (χ0n) is 19.0. The molecule has 1 atom stereocenters. The van der Waals surface area contributed by atoms with E-state index in [4.69, 9.17) is 19.7 Å². The topological polar surface area (TPSA) is 89.2 Å². The van der Waals surface area contributed by atoms with E-state index in [1.807, 2.05) is 36.4 Å². The van der Waals surface area contributed by atoms with Crippen LogP contribution in [0.25, 0.3) is 22.4 Å². The molecule has 3 aromatic rings. The number of hydrogen-bond donors (Lipinski definition) is 1. The van der Waals surface area contributed by atoms with Gasteiger partial charge in [-0.05, 0) is 68.1 Å². The number of methoxy groups -OCH3 is 1. The molecule has 170 valence electrons. The number of hydrogen-bond acceptors (Lipinski definition) is 6. The summed E-state index contributed by atoms with van der Waals surface area (Å²) in [6.45, 7) is 2.54. The van der Waals surface area contributed by atoms with Crippen LogP contribution >= 0.6 is 0 Å². The minimum absolute atomic E-state index is 0.188. The van der Waals surface area contributed by atoms with E-state index >= 15 is 0 Å². The lowest BCUT2D eigenvalue weighted by atomic mass is 9.99. The largest absolute Gasteiger partial charge is 0.497 e. The van der Waals surface area contributed by atoms with E-state index in [9.17, 15) is 4.79 Å². The smallest absolute Gasteiger partial charge is 0.299 e. The lowest BCUT2D eigenvalue weighted by Gasteiger charge is -2.18. The molecule has 0 radical (unpaired) electrons. The highest BCUT2D eigenvalue weighted by Crippen LogP contribution is 2.31. The molecule has 1 saturated heterocycles.